The van der Waals surface area contributed by atoms with Crippen molar-refractivity contribution in [2.75, 3.05) is 11.1 Å². The topological polar surface area (TPSA) is 82.0 Å². The van der Waals surface area contributed by atoms with Gasteiger partial charge in [0.25, 0.3) is 0 Å². The molecule has 0 aliphatic carbocycles. The predicted molar refractivity (Wildman–Crippen MR) is 139 cm³/mol. The minimum Gasteiger partial charge on any atom is -0.353 e. The van der Waals surface area contributed by atoms with Gasteiger partial charge in [-0.2, -0.15) is 5.26 Å². The second-order valence-corrected chi connectivity index (χ2v) is 11.1. The van der Waals surface area contributed by atoms with Crippen LogP contribution in [-0.2, 0) is 9.59 Å². The number of benzene rings is 1. The Kier molecular flexibility index (Phi) is 8.04. The van der Waals surface area contributed by atoms with Crippen LogP contribution in [0.1, 0.15) is 35.8 Å². The number of anilines is 1. The molecule has 1 aromatic carbocycles. The molecule has 1 aliphatic rings. The molecule has 1 aliphatic heterocycles. The molecule has 9 heteroatoms. The molecule has 32 heavy (non-hydrogen) atoms. The van der Waals surface area contributed by atoms with Crippen LogP contribution in [0.4, 0.5) is 5.69 Å². The Hall–Kier alpha value is -1.86. The highest BCUT2D eigenvalue weighted by molar-refractivity contribution is 9.11. The Morgan fingerprint density at radius 1 is 1.25 bits per heavy atom. The number of aryl methyl sites for hydroxylation is 2. The van der Waals surface area contributed by atoms with E-state index in [1.54, 1.807) is 0 Å². The van der Waals surface area contributed by atoms with Gasteiger partial charge in [0.15, 0.2) is 5.78 Å². The molecule has 2 N–H and O–H groups in total. The second-order valence-electron chi connectivity index (χ2n) is 7.39. The lowest BCUT2D eigenvalue weighted by molar-refractivity contribution is -0.114. The molecule has 5 nitrogen and oxygen atoms in total. The maximum atomic E-state index is 12.7. The second kappa shape index (κ2) is 10.4. The van der Waals surface area contributed by atoms with Crippen molar-refractivity contribution < 1.29 is 9.59 Å². The summed E-state index contributed by atoms with van der Waals surface area (Å²) < 4.78 is 1.71. The van der Waals surface area contributed by atoms with Gasteiger partial charge in [0, 0.05) is 25.1 Å². The van der Waals surface area contributed by atoms with Crippen molar-refractivity contribution in [1.82, 2.24) is 5.32 Å². The number of amides is 1. The van der Waals surface area contributed by atoms with E-state index in [4.69, 9.17) is 0 Å². The number of thiophene rings is 1. The molecule has 2 heterocycles. The third-order valence-electron chi connectivity index (χ3n) is 5.05. The summed E-state index contributed by atoms with van der Waals surface area (Å²) in [6.07, 6.45) is 0. The number of allylic oxidation sites excluding steroid dienone is 3. The van der Waals surface area contributed by atoms with E-state index in [1.807, 2.05) is 44.4 Å². The van der Waals surface area contributed by atoms with E-state index < -0.39 is 5.92 Å². The standard InChI is InChI=1S/C23H21Br2N3O2S2/c1-11-5-6-31-22(11)20-16(9-26)23(27-13(3)19(20)14(4)29)32-10-18(30)28-21-12(2)7-15(24)8-17(21)25/h5-8,20,27H,10H2,1-4H3,(H,28,30)/t20-/m0/s1. The Bertz CT molecular complexity index is 1190. The highest BCUT2D eigenvalue weighted by atomic mass is 79.9. The smallest absolute Gasteiger partial charge is 0.234 e. The average Bonchev–Trinajstić information content (AvgIpc) is 3.13. The van der Waals surface area contributed by atoms with Crippen molar-refractivity contribution >= 4 is 72.3 Å². The normalized spacial score (nSPS) is 16.0. The predicted octanol–water partition coefficient (Wildman–Crippen LogP) is 6.55. The van der Waals surface area contributed by atoms with E-state index in [2.05, 4.69) is 48.6 Å². The van der Waals surface area contributed by atoms with Crippen LogP contribution < -0.4 is 10.6 Å². The van der Waals surface area contributed by atoms with Crippen LogP contribution in [0, 0.1) is 25.2 Å². The van der Waals surface area contributed by atoms with Crippen molar-refractivity contribution in [3.8, 4) is 6.07 Å². The summed E-state index contributed by atoms with van der Waals surface area (Å²) in [6, 6.07) is 8.09. The SMILES string of the molecule is CC(=O)C1=C(C)NC(SCC(=O)Nc2c(C)cc(Br)cc2Br)=C(C#N)[C@@H]1c1sccc1C. The van der Waals surface area contributed by atoms with Gasteiger partial charge < -0.3 is 10.6 Å². The van der Waals surface area contributed by atoms with E-state index in [0.29, 0.717) is 27.6 Å². The maximum Gasteiger partial charge on any atom is 0.234 e. The largest absolute Gasteiger partial charge is 0.353 e. The van der Waals surface area contributed by atoms with E-state index in [-0.39, 0.29) is 17.4 Å². The van der Waals surface area contributed by atoms with Crippen molar-refractivity contribution in [3.05, 3.63) is 70.4 Å². The molecule has 3 rings (SSSR count). The van der Waals surface area contributed by atoms with Gasteiger partial charge >= 0.3 is 0 Å². The molecule has 1 atom stereocenters. The molecule has 1 aromatic heterocycles. The maximum absolute atomic E-state index is 12.7. The zero-order valence-electron chi connectivity index (χ0n) is 17.9. The van der Waals surface area contributed by atoms with Gasteiger partial charge in [0.2, 0.25) is 5.91 Å². The number of hydrogen-bond donors (Lipinski definition) is 2. The summed E-state index contributed by atoms with van der Waals surface area (Å²) in [5.41, 5.74) is 4.45. The van der Waals surface area contributed by atoms with Gasteiger partial charge in [-0.3, -0.25) is 9.59 Å². The number of nitrogens with zero attached hydrogens (tertiary/aromatic N) is 1. The molecule has 0 fully saturated rings. The first-order valence-electron chi connectivity index (χ1n) is 9.69. The number of rotatable bonds is 6. The first-order valence-corrected chi connectivity index (χ1v) is 13.1. The van der Waals surface area contributed by atoms with E-state index in [1.165, 1.54) is 30.0 Å². The lowest BCUT2D eigenvalue weighted by atomic mass is 9.84. The number of carbonyl (C=O) groups excluding carboxylic acids is 2. The molecule has 0 saturated heterocycles. The van der Waals surface area contributed by atoms with Gasteiger partial charge in [-0.25, -0.2) is 0 Å². The Balaban J connectivity index is 1.87. The highest BCUT2D eigenvalue weighted by Crippen LogP contribution is 2.43. The van der Waals surface area contributed by atoms with Crippen LogP contribution in [0.5, 0.6) is 0 Å². The Morgan fingerprint density at radius 3 is 2.53 bits per heavy atom. The Labute approximate surface area is 212 Å². The van der Waals surface area contributed by atoms with Crippen LogP contribution in [0.15, 0.2) is 54.4 Å². The summed E-state index contributed by atoms with van der Waals surface area (Å²) in [5, 5.41) is 18.7. The van der Waals surface area contributed by atoms with E-state index in [0.717, 1.165) is 24.9 Å². The molecule has 0 radical (unpaired) electrons. The quantitative estimate of drug-likeness (QED) is 0.396. The highest BCUT2D eigenvalue weighted by Gasteiger charge is 2.34. The molecule has 0 saturated carbocycles. The summed E-state index contributed by atoms with van der Waals surface area (Å²) in [6.45, 7) is 7.26. The monoisotopic (exact) mass is 593 g/mol. The summed E-state index contributed by atoms with van der Waals surface area (Å²) >= 11 is 9.72. The zero-order valence-corrected chi connectivity index (χ0v) is 22.7. The molecular weight excluding hydrogens is 574 g/mol. The number of carbonyl (C=O) groups is 2. The molecular formula is C23H21Br2N3O2S2. The van der Waals surface area contributed by atoms with Crippen LogP contribution in [-0.4, -0.2) is 17.4 Å². The lowest BCUT2D eigenvalue weighted by Crippen LogP contribution is -2.27. The van der Waals surface area contributed by atoms with Crippen LogP contribution in [0.3, 0.4) is 0 Å². The van der Waals surface area contributed by atoms with Crippen molar-refractivity contribution in [3.63, 3.8) is 0 Å². The lowest BCUT2D eigenvalue weighted by Gasteiger charge is -2.29. The number of nitriles is 1. The van der Waals surface area contributed by atoms with Crippen molar-refractivity contribution in [2.45, 2.75) is 33.6 Å². The average molecular weight is 595 g/mol. The van der Waals surface area contributed by atoms with E-state index in [9.17, 15) is 14.9 Å². The molecule has 1 amide bonds. The van der Waals surface area contributed by atoms with Crippen LogP contribution in [0.25, 0.3) is 0 Å². The fraction of sp³-hybridized carbons (Fsp3) is 0.261. The first-order chi connectivity index (χ1) is 15.1. The molecule has 0 spiro atoms. The fourth-order valence-corrected chi connectivity index (χ4v) is 7.08. The van der Waals surface area contributed by atoms with Crippen LogP contribution >= 0.6 is 55.0 Å². The number of hydrogen-bond acceptors (Lipinski definition) is 6. The zero-order chi connectivity index (χ0) is 23.6. The molecule has 0 unspecified atom stereocenters. The van der Waals surface area contributed by atoms with Crippen molar-refractivity contribution in [1.29, 1.82) is 5.26 Å². The summed E-state index contributed by atoms with van der Waals surface area (Å²) in [4.78, 5) is 26.1. The van der Waals surface area contributed by atoms with Gasteiger partial charge in [-0.1, -0.05) is 27.7 Å². The number of halogens is 2. The molecule has 0 bridgehead atoms. The van der Waals surface area contributed by atoms with Gasteiger partial charge in [0.1, 0.15) is 0 Å². The van der Waals surface area contributed by atoms with Crippen molar-refractivity contribution in [2.24, 2.45) is 0 Å². The molecule has 166 valence electrons. The summed E-state index contributed by atoms with van der Waals surface area (Å²) in [5.74, 6) is -0.561. The number of dihydropyridines is 1. The number of Topliss-reactive ketones (excluding diaryl/α,β-unsaturated/α-hetero) is 1. The minimum absolute atomic E-state index is 0.0714. The number of thioether (sulfide) groups is 1. The van der Waals surface area contributed by atoms with Gasteiger partial charge in [0.05, 0.1) is 34.0 Å². The number of nitrogens with one attached hydrogen (secondary N) is 2. The van der Waals surface area contributed by atoms with Gasteiger partial charge in [-0.15, -0.1) is 11.3 Å². The fourth-order valence-electron chi connectivity index (χ4n) is 3.61. The summed E-state index contributed by atoms with van der Waals surface area (Å²) in [7, 11) is 0. The third-order valence-corrected chi connectivity index (χ3v) is 8.24. The van der Waals surface area contributed by atoms with E-state index >= 15 is 0 Å². The Morgan fingerprint density at radius 2 is 1.97 bits per heavy atom. The first kappa shape index (κ1) is 24.8. The van der Waals surface area contributed by atoms with Crippen LogP contribution in [0.2, 0.25) is 0 Å². The third kappa shape index (κ3) is 5.20. The van der Waals surface area contributed by atoms with Gasteiger partial charge in [-0.05, 0) is 78.3 Å². The minimum atomic E-state index is -0.424. The molecule has 2 aromatic rings. The number of ketones is 1.